The number of nitrogens with zero attached hydrogens (tertiary/aromatic N) is 2. The maximum Gasteiger partial charge on any atom is 0.239 e. The van der Waals surface area contributed by atoms with Crippen LogP contribution < -0.4 is 5.73 Å². The molecule has 1 atom stereocenters. The van der Waals surface area contributed by atoms with Crippen molar-refractivity contribution in [1.29, 1.82) is 0 Å². The maximum atomic E-state index is 11.9. The van der Waals surface area contributed by atoms with Crippen LogP contribution in [-0.4, -0.2) is 48.4 Å². The van der Waals surface area contributed by atoms with Crippen molar-refractivity contribution in [2.24, 2.45) is 5.73 Å². The lowest BCUT2D eigenvalue weighted by molar-refractivity contribution is -0.124. The molecule has 1 aromatic carbocycles. The Morgan fingerprint density at radius 2 is 1.83 bits per heavy atom. The third kappa shape index (κ3) is 4.19. The molecule has 0 unspecified atom stereocenters. The molecule has 1 saturated heterocycles. The van der Waals surface area contributed by atoms with E-state index in [-0.39, 0.29) is 11.9 Å². The second-order valence-electron chi connectivity index (χ2n) is 5.92. The van der Waals surface area contributed by atoms with E-state index in [9.17, 15) is 4.79 Å². The first-order valence-corrected chi connectivity index (χ1v) is 8.95. The van der Waals surface area contributed by atoms with Crippen molar-refractivity contribution in [2.45, 2.75) is 12.5 Å². The largest absolute Gasteiger partial charge is 0.368 e. The quantitative estimate of drug-likeness (QED) is 0.883. The Bertz CT molecular complexity index is 606. The number of carbonyl (C=O) groups excluding carboxylic acids is 1. The summed E-state index contributed by atoms with van der Waals surface area (Å²) in [7, 11) is 0. The van der Waals surface area contributed by atoms with Crippen LogP contribution in [-0.2, 0) is 11.2 Å². The van der Waals surface area contributed by atoms with E-state index in [2.05, 4.69) is 27.3 Å². The van der Waals surface area contributed by atoms with Gasteiger partial charge in [0.25, 0.3) is 0 Å². The SMILES string of the molecule is NC(=O)[C@@H](c1ccccc1)N1CCN(CCc2cccs2)CC1. The van der Waals surface area contributed by atoms with Crippen LogP contribution in [0.3, 0.4) is 0 Å². The van der Waals surface area contributed by atoms with Gasteiger partial charge in [0.2, 0.25) is 5.91 Å². The first-order chi connectivity index (χ1) is 11.2. The molecule has 4 nitrogen and oxygen atoms in total. The summed E-state index contributed by atoms with van der Waals surface area (Å²) < 4.78 is 0. The second-order valence-corrected chi connectivity index (χ2v) is 6.95. The van der Waals surface area contributed by atoms with E-state index in [1.165, 1.54) is 4.88 Å². The van der Waals surface area contributed by atoms with Crippen molar-refractivity contribution >= 4 is 17.2 Å². The smallest absolute Gasteiger partial charge is 0.239 e. The van der Waals surface area contributed by atoms with Crippen LogP contribution in [0.5, 0.6) is 0 Å². The highest BCUT2D eigenvalue weighted by molar-refractivity contribution is 7.09. The molecule has 1 fully saturated rings. The lowest BCUT2D eigenvalue weighted by Crippen LogP contribution is -2.50. The molecule has 2 aromatic rings. The molecule has 1 aromatic heterocycles. The second kappa shape index (κ2) is 7.73. The number of thiophene rings is 1. The molecular formula is C18H23N3OS. The fourth-order valence-electron chi connectivity index (χ4n) is 3.16. The van der Waals surface area contributed by atoms with Crippen molar-refractivity contribution < 1.29 is 4.79 Å². The minimum absolute atomic E-state index is 0.261. The topological polar surface area (TPSA) is 49.6 Å². The van der Waals surface area contributed by atoms with E-state index in [0.717, 1.165) is 44.7 Å². The van der Waals surface area contributed by atoms with Gasteiger partial charge in [-0.1, -0.05) is 36.4 Å². The van der Waals surface area contributed by atoms with Gasteiger partial charge in [-0.05, 0) is 23.4 Å². The number of nitrogens with two attached hydrogens (primary N) is 1. The van der Waals surface area contributed by atoms with Crippen LogP contribution >= 0.6 is 11.3 Å². The van der Waals surface area contributed by atoms with Crippen molar-refractivity contribution in [1.82, 2.24) is 9.80 Å². The molecule has 0 radical (unpaired) electrons. The van der Waals surface area contributed by atoms with E-state index in [1.807, 2.05) is 41.7 Å². The lowest BCUT2D eigenvalue weighted by atomic mass is 10.0. The van der Waals surface area contributed by atoms with Crippen molar-refractivity contribution in [3.05, 3.63) is 58.3 Å². The minimum atomic E-state index is -0.310. The van der Waals surface area contributed by atoms with Crippen LogP contribution in [0.25, 0.3) is 0 Å². The van der Waals surface area contributed by atoms with E-state index in [0.29, 0.717) is 0 Å². The van der Waals surface area contributed by atoms with E-state index in [4.69, 9.17) is 5.73 Å². The van der Waals surface area contributed by atoms with Gasteiger partial charge < -0.3 is 10.6 Å². The number of hydrogen-bond donors (Lipinski definition) is 1. The molecule has 0 saturated carbocycles. The van der Waals surface area contributed by atoms with E-state index < -0.39 is 0 Å². The molecule has 2 N–H and O–H groups in total. The molecule has 122 valence electrons. The van der Waals surface area contributed by atoms with Gasteiger partial charge in [-0.25, -0.2) is 0 Å². The molecule has 0 aliphatic carbocycles. The van der Waals surface area contributed by atoms with Gasteiger partial charge in [-0.2, -0.15) is 0 Å². The Kier molecular flexibility index (Phi) is 5.43. The molecule has 0 spiro atoms. The van der Waals surface area contributed by atoms with Gasteiger partial charge in [-0.15, -0.1) is 11.3 Å². The average Bonchev–Trinajstić information content (AvgIpc) is 3.08. The molecular weight excluding hydrogens is 306 g/mol. The molecule has 2 heterocycles. The Hall–Kier alpha value is -1.69. The molecule has 0 bridgehead atoms. The fourth-order valence-corrected chi connectivity index (χ4v) is 3.86. The Labute approximate surface area is 141 Å². The van der Waals surface area contributed by atoms with Crippen LogP contribution in [0.1, 0.15) is 16.5 Å². The first kappa shape index (κ1) is 16.2. The van der Waals surface area contributed by atoms with E-state index >= 15 is 0 Å². The minimum Gasteiger partial charge on any atom is -0.368 e. The molecule has 23 heavy (non-hydrogen) atoms. The highest BCUT2D eigenvalue weighted by Crippen LogP contribution is 2.22. The summed E-state index contributed by atoms with van der Waals surface area (Å²) in [5.41, 5.74) is 6.66. The molecule has 3 rings (SSSR count). The monoisotopic (exact) mass is 329 g/mol. The number of carbonyl (C=O) groups is 1. The summed E-state index contributed by atoms with van der Waals surface area (Å²) in [4.78, 5) is 18.0. The zero-order valence-corrected chi connectivity index (χ0v) is 14.0. The Balaban J connectivity index is 1.55. The van der Waals surface area contributed by atoms with Crippen LogP contribution in [0, 0.1) is 0 Å². The average molecular weight is 329 g/mol. The number of piperazine rings is 1. The van der Waals surface area contributed by atoms with E-state index in [1.54, 1.807) is 0 Å². The lowest BCUT2D eigenvalue weighted by Gasteiger charge is -2.38. The highest BCUT2D eigenvalue weighted by atomic mass is 32.1. The summed E-state index contributed by atoms with van der Waals surface area (Å²) >= 11 is 1.82. The molecule has 5 heteroatoms. The summed E-state index contributed by atoms with van der Waals surface area (Å²) in [5, 5.41) is 2.13. The van der Waals surface area contributed by atoms with Gasteiger partial charge in [-0.3, -0.25) is 9.69 Å². The first-order valence-electron chi connectivity index (χ1n) is 8.07. The third-order valence-electron chi connectivity index (χ3n) is 4.41. The van der Waals surface area contributed by atoms with Gasteiger partial charge in [0, 0.05) is 37.6 Å². The van der Waals surface area contributed by atoms with Crippen molar-refractivity contribution in [3.8, 4) is 0 Å². The van der Waals surface area contributed by atoms with Gasteiger partial charge in [0.05, 0.1) is 0 Å². The molecule has 1 amide bonds. The number of rotatable bonds is 6. The van der Waals surface area contributed by atoms with Gasteiger partial charge >= 0.3 is 0 Å². The predicted molar refractivity (Wildman–Crippen MR) is 94.4 cm³/mol. The summed E-state index contributed by atoms with van der Waals surface area (Å²) in [6, 6.07) is 13.8. The van der Waals surface area contributed by atoms with Crippen LogP contribution in [0.2, 0.25) is 0 Å². The number of amides is 1. The van der Waals surface area contributed by atoms with Crippen LogP contribution in [0.4, 0.5) is 0 Å². The zero-order valence-electron chi connectivity index (χ0n) is 13.2. The molecule has 1 aliphatic rings. The Morgan fingerprint density at radius 1 is 1.09 bits per heavy atom. The standard InChI is InChI=1S/C18H23N3OS/c19-18(22)17(15-5-2-1-3-6-15)21-12-10-20(11-13-21)9-8-16-7-4-14-23-16/h1-7,14,17H,8-13H2,(H2,19,22)/t17-/m1/s1. The van der Waals surface area contributed by atoms with Crippen molar-refractivity contribution in [2.75, 3.05) is 32.7 Å². The third-order valence-corrected chi connectivity index (χ3v) is 5.35. The van der Waals surface area contributed by atoms with Crippen LogP contribution in [0.15, 0.2) is 47.8 Å². The number of primary amides is 1. The highest BCUT2D eigenvalue weighted by Gasteiger charge is 2.28. The summed E-state index contributed by atoms with van der Waals surface area (Å²) in [6.45, 7) is 4.82. The predicted octanol–water partition coefficient (Wildman–Crippen LogP) is 2.13. The summed E-state index contributed by atoms with van der Waals surface area (Å²) in [5.74, 6) is -0.261. The molecule has 1 aliphatic heterocycles. The van der Waals surface area contributed by atoms with Crippen molar-refractivity contribution in [3.63, 3.8) is 0 Å². The number of hydrogen-bond acceptors (Lipinski definition) is 4. The zero-order chi connectivity index (χ0) is 16.1. The number of benzene rings is 1. The van der Waals surface area contributed by atoms with Gasteiger partial charge in [0.1, 0.15) is 6.04 Å². The van der Waals surface area contributed by atoms with Gasteiger partial charge in [0.15, 0.2) is 0 Å². The fraction of sp³-hybridized carbons (Fsp3) is 0.389. The summed E-state index contributed by atoms with van der Waals surface area (Å²) in [6.07, 6.45) is 1.11. The normalized spacial score (nSPS) is 17.9. The Morgan fingerprint density at radius 3 is 2.43 bits per heavy atom. The maximum absolute atomic E-state index is 11.9.